The first kappa shape index (κ1) is 17.4. The number of aliphatic imine (C=N–C) groups is 1. The van der Waals surface area contributed by atoms with Crippen LogP contribution in [0.5, 0.6) is 0 Å². The Bertz CT molecular complexity index is 861. The number of ketones is 2. The molecule has 4 rings (SSSR count). The summed E-state index contributed by atoms with van der Waals surface area (Å²) >= 11 is 0. The smallest absolute Gasteiger partial charge is 0.161 e. The van der Waals surface area contributed by atoms with E-state index in [0.717, 1.165) is 41.0 Å². The van der Waals surface area contributed by atoms with Gasteiger partial charge in [0, 0.05) is 35.7 Å². The van der Waals surface area contributed by atoms with E-state index in [2.05, 4.69) is 45.9 Å². The highest BCUT2D eigenvalue weighted by Gasteiger charge is 2.46. The first-order valence-electron chi connectivity index (χ1n) is 9.78. The summed E-state index contributed by atoms with van der Waals surface area (Å²) in [5.74, 6) is 0.735. The van der Waals surface area contributed by atoms with Gasteiger partial charge < -0.3 is 0 Å². The van der Waals surface area contributed by atoms with Crippen LogP contribution < -0.4 is 0 Å². The van der Waals surface area contributed by atoms with Gasteiger partial charge in [-0.15, -0.1) is 0 Å². The lowest BCUT2D eigenvalue weighted by molar-refractivity contribution is -0.123. The summed E-state index contributed by atoms with van der Waals surface area (Å²) in [6.45, 7) is 8.41. The van der Waals surface area contributed by atoms with Crippen molar-refractivity contribution in [2.24, 2.45) is 22.7 Å². The first-order chi connectivity index (χ1) is 12.3. The van der Waals surface area contributed by atoms with Gasteiger partial charge in [-0.05, 0) is 49.7 Å². The van der Waals surface area contributed by atoms with E-state index < -0.39 is 0 Å². The fourth-order valence-corrected chi connectivity index (χ4v) is 5.03. The predicted octanol–water partition coefficient (Wildman–Crippen LogP) is 4.71. The van der Waals surface area contributed by atoms with Gasteiger partial charge in [-0.3, -0.25) is 14.6 Å². The van der Waals surface area contributed by atoms with Gasteiger partial charge in [0.25, 0.3) is 0 Å². The Kier molecular flexibility index (Phi) is 4.21. The quantitative estimate of drug-likeness (QED) is 0.737. The molecule has 4 unspecified atom stereocenters. The van der Waals surface area contributed by atoms with Gasteiger partial charge in [0.1, 0.15) is 5.78 Å². The molecule has 2 aliphatic carbocycles. The van der Waals surface area contributed by atoms with Crippen molar-refractivity contribution in [1.82, 2.24) is 0 Å². The van der Waals surface area contributed by atoms with E-state index in [4.69, 9.17) is 4.99 Å². The number of fused-ring (bicyclic) bond motifs is 1. The molecule has 1 aliphatic heterocycles. The molecule has 3 heteroatoms. The molecule has 0 bridgehead atoms. The normalized spacial score (nSPS) is 31.5. The molecule has 26 heavy (non-hydrogen) atoms. The summed E-state index contributed by atoms with van der Waals surface area (Å²) in [5, 5.41) is 0. The molecule has 0 radical (unpaired) electrons. The molecule has 3 aliphatic rings. The van der Waals surface area contributed by atoms with E-state index >= 15 is 0 Å². The molecule has 3 nitrogen and oxygen atoms in total. The SMILES string of the molecule is Cc1ccc(C)c(C2C3=C(CC(C)CC3=O)N=C3CC(C)CC(=O)C32)c1. The minimum Gasteiger partial charge on any atom is -0.299 e. The van der Waals surface area contributed by atoms with E-state index in [1.807, 2.05) is 0 Å². The summed E-state index contributed by atoms with van der Waals surface area (Å²) in [5.41, 5.74) is 6.26. The maximum atomic E-state index is 13.0. The number of allylic oxidation sites excluding steroid dienone is 2. The Balaban J connectivity index is 1.94. The minimum atomic E-state index is -0.247. The topological polar surface area (TPSA) is 46.5 Å². The second-order valence-electron chi connectivity index (χ2n) is 8.70. The maximum Gasteiger partial charge on any atom is 0.161 e. The lowest BCUT2D eigenvalue weighted by atomic mass is 9.64. The van der Waals surface area contributed by atoms with E-state index in [-0.39, 0.29) is 23.4 Å². The van der Waals surface area contributed by atoms with Crippen LogP contribution >= 0.6 is 0 Å². The molecular formula is C23H27NO2. The number of aryl methyl sites for hydroxylation is 2. The van der Waals surface area contributed by atoms with Crippen molar-refractivity contribution in [3.05, 3.63) is 46.2 Å². The first-order valence-corrected chi connectivity index (χ1v) is 9.78. The van der Waals surface area contributed by atoms with Crippen LogP contribution in [0.1, 0.15) is 62.1 Å². The Morgan fingerprint density at radius 1 is 0.923 bits per heavy atom. The number of benzene rings is 1. The van der Waals surface area contributed by atoms with Crippen LogP contribution in [0.3, 0.4) is 0 Å². The third-order valence-corrected chi connectivity index (χ3v) is 6.19. The second kappa shape index (κ2) is 6.29. The number of rotatable bonds is 1. The van der Waals surface area contributed by atoms with E-state index in [9.17, 15) is 9.59 Å². The number of hydrogen-bond donors (Lipinski definition) is 0. The molecule has 1 fully saturated rings. The van der Waals surface area contributed by atoms with E-state index in [0.29, 0.717) is 24.7 Å². The summed E-state index contributed by atoms with van der Waals surface area (Å²) in [6.07, 6.45) is 2.89. The van der Waals surface area contributed by atoms with Crippen LogP contribution in [0.2, 0.25) is 0 Å². The molecule has 0 aromatic heterocycles. The molecule has 1 aromatic carbocycles. The van der Waals surface area contributed by atoms with Crippen molar-refractivity contribution >= 4 is 17.3 Å². The van der Waals surface area contributed by atoms with Gasteiger partial charge in [0.05, 0.1) is 5.92 Å². The van der Waals surface area contributed by atoms with Gasteiger partial charge >= 0.3 is 0 Å². The standard InChI is InChI=1S/C23H27NO2/c1-12-5-6-15(4)16(7-12)21-22-17(8-13(2)10-19(22)25)24-18-9-14(3)11-20(26)23(18)21/h5-7,13-14,21-22H,8-11H2,1-4H3. The van der Waals surface area contributed by atoms with Gasteiger partial charge in [-0.1, -0.05) is 37.6 Å². The molecule has 1 aromatic rings. The molecule has 136 valence electrons. The molecule has 0 amide bonds. The number of hydrogen-bond acceptors (Lipinski definition) is 3. The molecule has 4 atom stereocenters. The zero-order valence-corrected chi connectivity index (χ0v) is 16.1. The average molecular weight is 349 g/mol. The zero-order valence-electron chi connectivity index (χ0n) is 16.1. The van der Waals surface area contributed by atoms with Gasteiger partial charge in [0.2, 0.25) is 0 Å². The van der Waals surface area contributed by atoms with Crippen molar-refractivity contribution in [3.8, 4) is 0 Å². The van der Waals surface area contributed by atoms with Crippen LogP contribution in [0.4, 0.5) is 0 Å². The molecule has 0 N–H and O–H groups in total. The van der Waals surface area contributed by atoms with Crippen molar-refractivity contribution in [3.63, 3.8) is 0 Å². The Hall–Kier alpha value is -2.03. The van der Waals surface area contributed by atoms with Gasteiger partial charge in [-0.2, -0.15) is 0 Å². The van der Waals surface area contributed by atoms with Crippen molar-refractivity contribution < 1.29 is 9.59 Å². The highest BCUT2D eigenvalue weighted by Crippen LogP contribution is 2.48. The predicted molar refractivity (Wildman–Crippen MR) is 103 cm³/mol. The Morgan fingerprint density at radius 3 is 2.42 bits per heavy atom. The van der Waals surface area contributed by atoms with Gasteiger partial charge in [0.15, 0.2) is 5.78 Å². The molecule has 0 spiro atoms. The lowest BCUT2D eigenvalue weighted by Gasteiger charge is -2.40. The highest BCUT2D eigenvalue weighted by atomic mass is 16.1. The third-order valence-electron chi connectivity index (χ3n) is 6.19. The fraction of sp³-hybridized carbons (Fsp3) is 0.522. The van der Waals surface area contributed by atoms with E-state index in [1.165, 1.54) is 5.56 Å². The van der Waals surface area contributed by atoms with Gasteiger partial charge in [-0.25, -0.2) is 0 Å². The molecule has 0 saturated heterocycles. The molecule has 1 heterocycles. The lowest BCUT2D eigenvalue weighted by Crippen LogP contribution is -2.42. The highest BCUT2D eigenvalue weighted by molar-refractivity contribution is 6.12. The van der Waals surface area contributed by atoms with Crippen molar-refractivity contribution in [2.45, 2.75) is 59.3 Å². The average Bonchev–Trinajstić information content (AvgIpc) is 2.54. The number of carbonyl (C=O) groups excluding carboxylic acids is 2. The van der Waals surface area contributed by atoms with Crippen molar-refractivity contribution in [2.75, 3.05) is 0 Å². The Morgan fingerprint density at radius 2 is 1.65 bits per heavy atom. The van der Waals surface area contributed by atoms with Crippen LogP contribution in [-0.4, -0.2) is 17.3 Å². The van der Waals surface area contributed by atoms with Crippen LogP contribution in [0.15, 0.2) is 34.5 Å². The molecule has 1 saturated carbocycles. The largest absolute Gasteiger partial charge is 0.299 e. The fourth-order valence-electron chi connectivity index (χ4n) is 5.03. The van der Waals surface area contributed by atoms with Crippen LogP contribution in [0, 0.1) is 31.6 Å². The second-order valence-corrected chi connectivity index (χ2v) is 8.70. The number of carbonyl (C=O) groups is 2. The number of nitrogens with zero attached hydrogens (tertiary/aromatic N) is 1. The minimum absolute atomic E-state index is 0.141. The summed E-state index contributed by atoms with van der Waals surface area (Å²) in [6, 6.07) is 6.38. The number of Topliss-reactive ketones (excluding diaryl/α,β-unsaturated/α-hetero) is 2. The Labute approximate surface area is 155 Å². The molecular weight excluding hydrogens is 322 g/mol. The summed E-state index contributed by atoms with van der Waals surface area (Å²) in [4.78, 5) is 31.0. The van der Waals surface area contributed by atoms with Crippen molar-refractivity contribution in [1.29, 1.82) is 0 Å². The van der Waals surface area contributed by atoms with Crippen LogP contribution in [-0.2, 0) is 9.59 Å². The van der Waals surface area contributed by atoms with Crippen LogP contribution in [0.25, 0.3) is 0 Å². The maximum absolute atomic E-state index is 13.0. The summed E-state index contributed by atoms with van der Waals surface area (Å²) in [7, 11) is 0. The third kappa shape index (κ3) is 2.78. The summed E-state index contributed by atoms with van der Waals surface area (Å²) < 4.78 is 0. The zero-order chi connectivity index (χ0) is 18.6. The van der Waals surface area contributed by atoms with E-state index in [1.54, 1.807) is 0 Å². The monoisotopic (exact) mass is 349 g/mol.